The minimum atomic E-state index is 0.199. The fraction of sp³-hybridized carbons (Fsp3) is 0.600. The maximum Gasteiger partial charge on any atom is 0.160 e. The molecule has 1 aliphatic rings. The van der Waals surface area contributed by atoms with Crippen LogP contribution in [0, 0.1) is 0 Å². The summed E-state index contributed by atoms with van der Waals surface area (Å²) in [7, 11) is 3.75. The highest BCUT2D eigenvalue weighted by atomic mass is 16.5. The Hall–Kier alpha value is -1.26. The fourth-order valence-corrected chi connectivity index (χ4v) is 2.87. The Labute approximate surface area is 115 Å². The Balaban J connectivity index is 2.17. The normalized spacial score (nSPS) is 23.3. The van der Waals surface area contributed by atoms with Crippen LogP contribution in [0.3, 0.4) is 0 Å². The number of aromatic hydroxyl groups is 1. The molecule has 0 radical (unpaired) electrons. The summed E-state index contributed by atoms with van der Waals surface area (Å²) < 4.78 is 5.19. The number of methoxy groups -OCH3 is 1. The third kappa shape index (κ3) is 3.01. The van der Waals surface area contributed by atoms with Crippen LogP contribution in [0.2, 0.25) is 0 Å². The van der Waals surface area contributed by atoms with Gasteiger partial charge in [-0.2, -0.15) is 0 Å². The van der Waals surface area contributed by atoms with E-state index in [-0.39, 0.29) is 5.75 Å². The number of phenolic OH excluding ortho intramolecular Hbond substituents is 1. The largest absolute Gasteiger partial charge is 0.504 e. The summed E-state index contributed by atoms with van der Waals surface area (Å²) >= 11 is 0. The van der Waals surface area contributed by atoms with Gasteiger partial charge in [-0.05, 0) is 38.6 Å². The van der Waals surface area contributed by atoms with E-state index in [1.165, 1.54) is 5.56 Å². The third-order valence-corrected chi connectivity index (χ3v) is 4.07. The molecule has 2 rings (SSSR count). The van der Waals surface area contributed by atoms with Gasteiger partial charge in [-0.1, -0.05) is 6.07 Å². The van der Waals surface area contributed by atoms with Gasteiger partial charge >= 0.3 is 0 Å². The molecule has 0 aromatic heterocycles. The number of hydrogen-bond donors (Lipinski definition) is 1. The molecule has 0 bridgehead atoms. The molecule has 2 unspecified atom stereocenters. The van der Waals surface area contributed by atoms with Crippen LogP contribution in [0.1, 0.15) is 25.5 Å². The fourth-order valence-electron chi connectivity index (χ4n) is 2.87. The van der Waals surface area contributed by atoms with E-state index in [1.807, 2.05) is 12.1 Å². The van der Waals surface area contributed by atoms with E-state index < -0.39 is 0 Å². The zero-order valence-electron chi connectivity index (χ0n) is 12.3. The molecule has 0 aliphatic carbocycles. The summed E-state index contributed by atoms with van der Waals surface area (Å²) in [6, 6.07) is 6.50. The van der Waals surface area contributed by atoms with Gasteiger partial charge in [0.15, 0.2) is 11.5 Å². The lowest BCUT2D eigenvalue weighted by molar-refractivity contribution is 0.0672. The number of benzene rings is 1. The average Bonchev–Trinajstić information content (AvgIpc) is 2.38. The van der Waals surface area contributed by atoms with E-state index in [2.05, 4.69) is 30.7 Å². The van der Waals surface area contributed by atoms with Crippen molar-refractivity contribution in [2.45, 2.75) is 25.9 Å². The van der Waals surface area contributed by atoms with Gasteiger partial charge < -0.3 is 14.7 Å². The second kappa shape index (κ2) is 5.80. The molecule has 4 nitrogen and oxygen atoms in total. The molecule has 1 aromatic rings. The first kappa shape index (κ1) is 14.2. The molecule has 1 saturated heterocycles. The lowest BCUT2D eigenvalue weighted by atomic mass is 10.0. The molecule has 1 heterocycles. The Morgan fingerprint density at radius 3 is 2.74 bits per heavy atom. The van der Waals surface area contributed by atoms with Gasteiger partial charge in [0.1, 0.15) is 0 Å². The van der Waals surface area contributed by atoms with Gasteiger partial charge in [0.2, 0.25) is 0 Å². The van der Waals surface area contributed by atoms with E-state index in [4.69, 9.17) is 4.74 Å². The minimum Gasteiger partial charge on any atom is -0.504 e. The van der Waals surface area contributed by atoms with Gasteiger partial charge in [-0.15, -0.1) is 0 Å². The Bertz CT molecular complexity index is 436. The molecular formula is C15H24N2O2. The first-order valence-corrected chi connectivity index (χ1v) is 6.84. The van der Waals surface area contributed by atoms with Crippen molar-refractivity contribution in [3.63, 3.8) is 0 Å². The van der Waals surface area contributed by atoms with Crippen LogP contribution in [-0.4, -0.2) is 54.7 Å². The standard InChI is InChI=1S/C15H24N2O2/c1-11-10-16(3)7-8-17(11)12(2)13-5-6-14(18)15(9-13)19-4/h5-6,9,11-12,18H,7-8,10H2,1-4H3. The van der Waals surface area contributed by atoms with Crippen LogP contribution in [0.15, 0.2) is 18.2 Å². The number of nitrogens with zero attached hydrogens (tertiary/aromatic N) is 2. The summed E-state index contributed by atoms with van der Waals surface area (Å²) in [4.78, 5) is 4.87. The SMILES string of the molecule is COc1cc(C(C)N2CCN(C)CC2C)ccc1O. The smallest absolute Gasteiger partial charge is 0.160 e. The van der Waals surface area contributed by atoms with Crippen molar-refractivity contribution in [3.8, 4) is 11.5 Å². The Kier molecular flexibility index (Phi) is 4.32. The Morgan fingerprint density at radius 2 is 2.11 bits per heavy atom. The zero-order chi connectivity index (χ0) is 14.0. The first-order valence-electron chi connectivity index (χ1n) is 6.84. The van der Waals surface area contributed by atoms with Crippen LogP contribution in [0.4, 0.5) is 0 Å². The number of hydrogen-bond acceptors (Lipinski definition) is 4. The molecule has 0 saturated carbocycles. The van der Waals surface area contributed by atoms with Crippen molar-refractivity contribution < 1.29 is 9.84 Å². The van der Waals surface area contributed by atoms with Crippen molar-refractivity contribution in [3.05, 3.63) is 23.8 Å². The highest BCUT2D eigenvalue weighted by Crippen LogP contribution is 2.32. The quantitative estimate of drug-likeness (QED) is 0.907. The lowest BCUT2D eigenvalue weighted by Gasteiger charge is -2.42. The molecule has 1 fully saturated rings. The minimum absolute atomic E-state index is 0.199. The lowest BCUT2D eigenvalue weighted by Crippen LogP contribution is -2.51. The number of phenols is 1. The van der Waals surface area contributed by atoms with Gasteiger partial charge in [0.05, 0.1) is 7.11 Å². The summed E-state index contributed by atoms with van der Waals surface area (Å²) in [5, 5.41) is 9.67. The molecule has 0 spiro atoms. The van der Waals surface area contributed by atoms with Crippen molar-refractivity contribution in [2.75, 3.05) is 33.8 Å². The molecule has 1 aromatic carbocycles. The molecule has 19 heavy (non-hydrogen) atoms. The summed E-state index contributed by atoms with van der Waals surface area (Å²) in [6.07, 6.45) is 0. The molecule has 2 atom stereocenters. The van der Waals surface area contributed by atoms with Crippen molar-refractivity contribution >= 4 is 0 Å². The second-order valence-corrected chi connectivity index (χ2v) is 5.46. The molecule has 106 valence electrons. The number of piperazine rings is 1. The van der Waals surface area contributed by atoms with Crippen LogP contribution in [0.5, 0.6) is 11.5 Å². The molecule has 1 aliphatic heterocycles. The number of rotatable bonds is 3. The topological polar surface area (TPSA) is 35.9 Å². The highest BCUT2D eigenvalue weighted by Gasteiger charge is 2.26. The summed E-state index contributed by atoms with van der Waals surface area (Å²) in [5.41, 5.74) is 1.19. The summed E-state index contributed by atoms with van der Waals surface area (Å²) in [6.45, 7) is 7.75. The number of ether oxygens (including phenoxy) is 1. The highest BCUT2D eigenvalue weighted by molar-refractivity contribution is 5.42. The van der Waals surface area contributed by atoms with Crippen LogP contribution < -0.4 is 4.74 Å². The predicted octanol–water partition coefficient (Wildman–Crippen LogP) is 2.10. The van der Waals surface area contributed by atoms with E-state index in [1.54, 1.807) is 13.2 Å². The second-order valence-electron chi connectivity index (χ2n) is 5.46. The molecular weight excluding hydrogens is 240 g/mol. The number of likely N-dealkylation sites (N-methyl/N-ethyl adjacent to an activating group) is 1. The van der Waals surface area contributed by atoms with Crippen molar-refractivity contribution in [1.29, 1.82) is 0 Å². The van der Waals surface area contributed by atoms with E-state index in [0.717, 1.165) is 19.6 Å². The maximum absolute atomic E-state index is 9.67. The van der Waals surface area contributed by atoms with Gasteiger partial charge in [-0.3, -0.25) is 4.90 Å². The Morgan fingerprint density at radius 1 is 1.37 bits per heavy atom. The van der Waals surface area contributed by atoms with Crippen LogP contribution in [-0.2, 0) is 0 Å². The van der Waals surface area contributed by atoms with Gasteiger partial charge in [-0.25, -0.2) is 0 Å². The van der Waals surface area contributed by atoms with Crippen LogP contribution >= 0.6 is 0 Å². The van der Waals surface area contributed by atoms with Crippen molar-refractivity contribution in [2.24, 2.45) is 0 Å². The molecule has 0 amide bonds. The average molecular weight is 264 g/mol. The monoisotopic (exact) mass is 264 g/mol. The van der Waals surface area contributed by atoms with Crippen molar-refractivity contribution in [1.82, 2.24) is 9.80 Å². The van der Waals surface area contributed by atoms with E-state index in [0.29, 0.717) is 17.8 Å². The molecule has 1 N–H and O–H groups in total. The van der Waals surface area contributed by atoms with Gasteiger partial charge in [0.25, 0.3) is 0 Å². The predicted molar refractivity (Wildman–Crippen MR) is 76.7 cm³/mol. The maximum atomic E-state index is 9.67. The van der Waals surface area contributed by atoms with Crippen LogP contribution in [0.25, 0.3) is 0 Å². The summed E-state index contributed by atoms with van der Waals surface area (Å²) in [5.74, 6) is 0.746. The van der Waals surface area contributed by atoms with E-state index in [9.17, 15) is 5.11 Å². The molecule has 4 heteroatoms. The zero-order valence-corrected chi connectivity index (χ0v) is 12.3. The van der Waals surface area contributed by atoms with E-state index >= 15 is 0 Å². The third-order valence-electron chi connectivity index (χ3n) is 4.07. The van der Waals surface area contributed by atoms with Gasteiger partial charge in [0, 0.05) is 31.7 Å². The first-order chi connectivity index (χ1) is 9.02.